The Morgan fingerprint density at radius 3 is 2.16 bits per heavy atom. The molecule has 0 saturated heterocycles. The van der Waals surface area contributed by atoms with Gasteiger partial charge in [-0.3, -0.25) is 4.55 Å². The molecule has 1 aromatic carbocycles. The first-order valence-electron chi connectivity index (χ1n) is 5.76. The minimum absolute atomic E-state index is 0.193. The average Bonchev–Trinajstić information content (AvgIpc) is 2.35. The van der Waals surface area contributed by atoms with Crippen molar-refractivity contribution < 1.29 is 22.4 Å². The third-order valence-corrected chi connectivity index (χ3v) is 3.41. The summed E-state index contributed by atoms with van der Waals surface area (Å²) in [5, 5.41) is 0. The Hall–Kier alpha value is -1.31. The lowest BCUT2D eigenvalue weighted by Gasteiger charge is -2.13. The SMILES string of the molecule is COc1cc(CC(N)CCS(=O)(=O)O)cc(OC)c1. The lowest BCUT2D eigenvalue weighted by molar-refractivity contribution is 0.393. The van der Waals surface area contributed by atoms with E-state index in [-0.39, 0.29) is 18.2 Å². The second kappa shape index (κ2) is 6.74. The largest absolute Gasteiger partial charge is 0.497 e. The fourth-order valence-corrected chi connectivity index (χ4v) is 2.29. The molecular weight excluding hydrogens is 270 g/mol. The van der Waals surface area contributed by atoms with Gasteiger partial charge in [0.2, 0.25) is 0 Å². The maximum Gasteiger partial charge on any atom is 0.264 e. The lowest BCUT2D eigenvalue weighted by Crippen LogP contribution is -2.26. The molecule has 0 aliphatic carbocycles. The summed E-state index contributed by atoms with van der Waals surface area (Å²) in [6, 6.07) is 5.01. The Balaban J connectivity index is 2.70. The fraction of sp³-hybridized carbons (Fsp3) is 0.500. The van der Waals surface area contributed by atoms with Crippen LogP contribution in [0.3, 0.4) is 0 Å². The molecule has 19 heavy (non-hydrogen) atoms. The summed E-state index contributed by atoms with van der Waals surface area (Å²) in [6.07, 6.45) is 0.668. The third kappa shape index (κ3) is 5.91. The monoisotopic (exact) mass is 289 g/mol. The van der Waals surface area contributed by atoms with Gasteiger partial charge < -0.3 is 15.2 Å². The van der Waals surface area contributed by atoms with Crippen molar-refractivity contribution in [3.8, 4) is 11.5 Å². The van der Waals surface area contributed by atoms with E-state index in [1.165, 1.54) is 0 Å². The highest BCUT2D eigenvalue weighted by molar-refractivity contribution is 7.85. The van der Waals surface area contributed by atoms with Gasteiger partial charge in [0.25, 0.3) is 10.1 Å². The Labute approximate surface area is 113 Å². The van der Waals surface area contributed by atoms with E-state index >= 15 is 0 Å². The second-order valence-electron chi connectivity index (χ2n) is 4.26. The molecule has 0 amide bonds. The van der Waals surface area contributed by atoms with E-state index in [9.17, 15) is 8.42 Å². The van der Waals surface area contributed by atoms with Crippen LogP contribution in [-0.4, -0.2) is 39.0 Å². The molecule has 0 fully saturated rings. The summed E-state index contributed by atoms with van der Waals surface area (Å²) in [7, 11) is -0.862. The van der Waals surface area contributed by atoms with Crippen LogP contribution in [0.2, 0.25) is 0 Å². The predicted molar refractivity (Wildman–Crippen MR) is 72.3 cm³/mol. The smallest absolute Gasteiger partial charge is 0.264 e. The number of nitrogens with two attached hydrogens (primary N) is 1. The van der Waals surface area contributed by atoms with Gasteiger partial charge in [-0.05, 0) is 30.5 Å². The number of ether oxygens (including phenoxy) is 2. The zero-order chi connectivity index (χ0) is 14.5. The molecule has 6 nitrogen and oxygen atoms in total. The van der Waals surface area contributed by atoms with Crippen molar-refractivity contribution in [1.29, 1.82) is 0 Å². The normalized spacial score (nSPS) is 13.1. The quantitative estimate of drug-likeness (QED) is 0.722. The number of hydrogen-bond acceptors (Lipinski definition) is 5. The third-order valence-electron chi connectivity index (χ3n) is 2.66. The highest BCUT2D eigenvalue weighted by atomic mass is 32.2. The lowest BCUT2D eigenvalue weighted by atomic mass is 10.0. The summed E-state index contributed by atoms with van der Waals surface area (Å²) in [4.78, 5) is 0. The van der Waals surface area contributed by atoms with Crippen LogP contribution in [0.15, 0.2) is 18.2 Å². The predicted octanol–water partition coefficient (Wildman–Crippen LogP) is 0.852. The number of methoxy groups -OCH3 is 2. The second-order valence-corrected chi connectivity index (χ2v) is 5.83. The molecule has 0 radical (unpaired) electrons. The number of rotatable bonds is 7. The van der Waals surface area contributed by atoms with Crippen LogP contribution in [-0.2, 0) is 16.5 Å². The fourth-order valence-electron chi connectivity index (χ4n) is 1.69. The Morgan fingerprint density at radius 1 is 1.21 bits per heavy atom. The van der Waals surface area contributed by atoms with E-state index in [2.05, 4.69) is 0 Å². The van der Waals surface area contributed by atoms with Gasteiger partial charge in [-0.25, -0.2) is 0 Å². The van der Waals surface area contributed by atoms with Gasteiger partial charge in [0.1, 0.15) is 11.5 Å². The highest BCUT2D eigenvalue weighted by Crippen LogP contribution is 2.23. The van der Waals surface area contributed by atoms with E-state index in [4.69, 9.17) is 19.8 Å². The Bertz CT molecular complexity index is 493. The summed E-state index contributed by atoms with van der Waals surface area (Å²) >= 11 is 0. The zero-order valence-corrected chi connectivity index (χ0v) is 11.8. The molecule has 1 atom stereocenters. The average molecular weight is 289 g/mol. The van der Waals surface area contributed by atoms with Crippen LogP contribution in [0, 0.1) is 0 Å². The van der Waals surface area contributed by atoms with Crippen LogP contribution >= 0.6 is 0 Å². The molecule has 3 N–H and O–H groups in total. The summed E-state index contributed by atoms with van der Waals surface area (Å²) in [6.45, 7) is 0. The van der Waals surface area contributed by atoms with Gasteiger partial charge in [0, 0.05) is 12.1 Å². The number of benzene rings is 1. The summed E-state index contributed by atoms with van der Waals surface area (Å²) in [5.41, 5.74) is 6.73. The van der Waals surface area contributed by atoms with E-state index in [0.717, 1.165) is 5.56 Å². The molecule has 1 rings (SSSR count). The maximum atomic E-state index is 10.6. The highest BCUT2D eigenvalue weighted by Gasteiger charge is 2.11. The van der Waals surface area contributed by atoms with E-state index < -0.39 is 10.1 Å². The van der Waals surface area contributed by atoms with Crippen molar-refractivity contribution in [3.63, 3.8) is 0 Å². The van der Waals surface area contributed by atoms with E-state index in [0.29, 0.717) is 17.9 Å². The van der Waals surface area contributed by atoms with Gasteiger partial charge in [-0.1, -0.05) is 0 Å². The molecule has 0 saturated carbocycles. The Kier molecular flexibility index (Phi) is 5.59. The van der Waals surface area contributed by atoms with Gasteiger partial charge in [-0.2, -0.15) is 8.42 Å². The molecule has 0 aliphatic rings. The molecular formula is C12H19NO5S. The first kappa shape index (κ1) is 15.7. The van der Waals surface area contributed by atoms with Crippen LogP contribution in [0.1, 0.15) is 12.0 Å². The minimum atomic E-state index is -3.97. The first-order valence-corrected chi connectivity index (χ1v) is 7.37. The zero-order valence-electron chi connectivity index (χ0n) is 11.0. The van der Waals surface area contributed by atoms with Gasteiger partial charge >= 0.3 is 0 Å². The van der Waals surface area contributed by atoms with Crippen molar-refractivity contribution >= 4 is 10.1 Å². The summed E-state index contributed by atoms with van der Waals surface area (Å²) in [5.74, 6) is 0.961. The number of hydrogen-bond donors (Lipinski definition) is 2. The topological polar surface area (TPSA) is 98.9 Å². The van der Waals surface area contributed by atoms with Crippen molar-refractivity contribution in [3.05, 3.63) is 23.8 Å². The molecule has 0 aliphatic heterocycles. The maximum absolute atomic E-state index is 10.6. The van der Waals surface area contributed by atoms with Crippen LogP contribution in [0.5, 0.6) is 11.5 Å². The molecule has 0 heterocycles. The molecule has 1 unspecified atom stereocenters. The van der Waals surface area contributed by atoms with E-state index in [1.807, 2.05) is 12.1 Å². The van der Waals surface area contributed by atoms with Crippen molar-refractivity contribution in [2.45, 2.75) is 18.9 Å². The van der Waals surface area contributed by atoms with Gasteiger partial charge in [0.05, 0.1) is 20.0 Å². The van der Waals surface area contributed by atoms with Crippen LogP contribution < -0.4 is 15.2 Å². The van der Waals surface area contributed by atoms with Crippen molar-refractivity contribution in [1.82, 2.24) is 0 Å². The van der Waals surface area contributed by atoms with Gasteiger partial charge in [-0.15, -0.1) is 0 Å². The van der Waals surface area contributed by atoms with Gasteiger partial charge in [0.15, 0.2) is 0 Å². The van der Waals surface area contributed by atoms with Crippen LogP contribution in [0.25, 0.3) is 0 Å². The van der Waals surface area contributed by atoms with Crippen LogP contribution in [0.4, 0.5) is 0 Å². The summed E-state index contributed by atoms with van der Waals surface area (Å²) < 4.78 is 40.2. The molecule has 0 aromatic heterocycles. The molecule has 7 heteroatoms. The first-order chi connectivity index (χ1) is 8.84. The molecule has 0 bridgehead atoms. The molecule has 108 valence electrons. The van der Waals surface area contributed by atoms with Crippen molar-refractivity contribution in [2.75, 3.05) is 20.0 Å². The minimum Gasteiger partial charge on any atom is -0.497 e. The molecule has 0 spiro atoms. The molecule has 1 aromatic rings. The van der Waals surface area contributed by atoms with E-state index in [1.54, 1.807) is 20.3 Å². The van der Waals surface area contributed by atoms with Crippen molar-refractivity contribution in [2.24, 2.45) is 5.73 Å². The Morgan fingerprint density at radius 2 is 1.74 bits per heavy atom. The standard InChI is InChI=1S/C12H19NO5S/c1-17-11-6-9(7-12(8-11)18-2)5-10(13)3-4-19(14,15)16/h6-8,10H,3-5,13H2,1-2H3,(H,14,15,16).